The number of halogens is 1. The Labute approximate surface area is 177 Å². The van der Waals surface area contributed by atoms with Crippen LogP contribution in [0.2, 0.25) is 5.02 Å². The van der Waals surface area contributed by atoms with Crippen molar-refractivity contribution in [2.24, 2.45) is 0 Å². The highest BCUT2D eigenvalue weighted by atomic mass is 35.5. The van der Waals surface area contributed by atoms with Gasteiger partial charge in [-0.25, -0.2) is 4.98 Å². The maximum atomic E-state index is 13.4. The summed E-state index contributed by atoms with van der Waals surface area (Å²) in [4.78, 5) is 24.0. The van der Waals surface area contributed by atoms with Crippen molar-refractivity contribution in [3.63, 3.8) is 0 Å². The van der Waals surface area contributed by atoms with Gasteiger partial charge in [0.15, 0.2) is 5.13 Å². The summed E-state index contributed by atoms with van der Waals surface area (Å²) in [6.07, 6.45) is 3.46. The number of anilines is 1. The quantitative estimate of drug-likeness (QED) is 0.424. The van der Waals surface area contributed by atoms with Gasteiger partial charge in [0.1, 0.15) is 5.75 Å². The number of aryl methyl sites for hydroxylation is 1. The average Bonchev–Trinajstić information content (AvgIpc) is 3.16. The molecule has 0 fully saturated rings. The predicted octanol–water partition coefficient (Wildman–Crippen LogP) is 5.51. The molecule has 4 rings (SSSR count). The van der Waals surface area contributed by atoms with Crippen LogP contribution in [0.5, 0.6) is 5.75 Å². The fourth-order valence-corrected chi connectivity index (χ4v) is 4.49. The largest absolute Gasteiger partial charge is 0.497 e. The average molecular weight is 424 g/mol. The molecule has 2 aromatic heterocycles. The Balaban J connectivity index is 1.79. The molecule has 1 amide bonds. The summed E-state index contributed by atoms with van der Waals surface area (Å²) in [7, 11) is 1.58. The van der Waals surface area contributed by atoms with E-state index in [9.17, 15) is 4.79 Å². The molecule has 29 heavy (non-hydrogen) atoms. The molecule has 0 N–H and O–H groups in total. The summed E-state index contributed by atoms with van der Waals surface area (Å²) in [6, 6.07) is 14.7. The van der Waals surface area contributed by atoms with Crippen LogP contribution in [0.25, 0.3) is 10.2 Å². The van der Waals surface area contributed by atoms with E-state index in [4.69, 9.17) is 21.3 Å². The van der Waals surface area contributed by atoms with Gasteiger partial charge >= 0.3 is 0 Å². The van der Waals surface area contributed by atoms with Crippen LogP contribution >= 0.6 is 22.9 Å². The lowest BCUT2D eigenvalue weighted by atomic mass is 10.1. The van der Waals surface area contributed by atoms with E-state index in [1.54, 1.807) is 42.6 Å². The zero-order valence-electron chi connectivity index (χ0n) is 15.9. The third kappa shape index (κ3) is 4.09. The van der Waals surface area contributed by atoms with Gasteiger partial charge in [0.2, 0.25) is 0 Å². The number of carbonyl (C=O) groups excluding carboxylic acids is 1. The van der Waals surface area contributed by atoms with Crippen molar-refractivity contribution in [2.45, 2.75) is 13.5 Å². The number of hydrogen-bond donors (Lipinski definition) is 0. The predicted molar refractivity (Wildman–Crippen MR) is 117 cm³/mol. The first-order valence-electron chi connectivity index (χ1n) is 8.96. The molecule has 5 nitrogen and oxygen atoms in total. The summed E-state index contributed by atoms with van der Waals surface area (Å²) in [5.41, 5.74) is 3.27. The fraction of sp³-hybridized carbons (Fsp3) is 0.136. The molecule has 0 unspecified atom stereocenters. The number of nitrogens with zero attached hydrogens (tertiary/aromatic N) is 3. The van der Waals surface area contributed by atoms with E-state index >= 15 is 0 Å². The molecule has 0 aliphatic carbocycles. The van der Waals surface area contributed by atoms with Gasteiger partial charge in [0.25, 0.3) is 5.91 Å². The van der Waals surface area contributed by atoms with E-state index in [0.29, 0.717) is 28.0 Å². The van der Waals surface area contributed by atoms with Crippen LogP contribution in [0.15, 0.2) is 60.9 Å². The maximum absolute atomic E-state index is 13.4. The Morgan fingerprint density at radius 1 is 1.21 bits per heavy atom. The highest BCUT2D eigenvalue weighted by molar-refractivity contribution is 7.22. The van der Waals surface area contributed by atoms with Crippen LogP contribution in [-0.2, 0) is 6.54 Å². The van der Waals surface area contributed by atoms with Crippen LogP contribution in [0.4, 0.5) is 5.13 Å². The number of benzene rings is 2. The van der Waals surface area contributed by atoms with E-state index in [0.717, 1.165) is 21.3 Å². The number of hydrogen-bond acceptors (Lipinski definition) is 5. The molecule has 0 spiro atoms. The van der Waals surface area contributed by atoms with E-state index in [2.05, 4.69) is 4.98 Å². The Bertz CT molecular complexity index is 1180. The van der Waals surface area contributed by atoms with Crippen molar-refractivity contribution in [1.29, 1.82) is 0 Å². The van der Waals surface area contributed by atoms with Crippen molar-refractivity contribution in [2.75, 3.05) is 12.0 Å². The van der Waals surface area contributed by atoms with Crippen molar-refractivity contribution in [3.8, 4) is 5.75 Å². The lowest BCUT2D eigenvalue weighted by Gasteiger charge is -2.20. The maximum Gasteiger partial charge on any atom is 0.260 e. The summed E-state index contributed by atoms with van der Waals surface area (Å²) in [5, 5.41) is 1.27. The molecule has 2 heterocycles. The highest BCUT2D eigenvalue weighted by Gasteiger charge is 2.23. The molecule has 2 aromatic carbocycles. The number of methoxy groups -OCH3 is 1. The first-order chi connectivity index (χ1) is 14.0. The molecule has 0 aliphatic heterocycles. The van der Waals surface area contributed by atoms with Crippen LogP contribution in [0.1, 0.15) is 21.5 Å². The van der Waals surface area contributed by atoms with Gasteiger partial charge in [-0.3, -0.25) is 14.7 Å². The van der Waals surface area contributed by atoms with E-state index in [1.165, 1.54) is 11.3 Å². The lowest BCUT2D eigenvalue weighted by Crippen LogP contribution is -2.30. The third-order valence-corrected chi connectivity index (χ3v) is 5.74. The van der Waals surface area contributed by atoms with Gasteiger partial charge in [-0.05, 0) is 54.4 Å². The first kappa shape index (κ1) is 19.4. The standard InChI is InChI=1S/C22H18ClN3O2S/c1-14-9-17(23)11-19-20(14)25-22(29-19)26(13-15-5-4-8-24-12-15)21(27)16-6-3-7-18(10-16)28-2/h3-12H,13H2,1-2H3. The number of aromatic nitrogens is 2. The monoisotopic (exact) mass is 423 g/mol. The zero-order valence-corrected chi connectivity index (χ0v) is 17.5. The molecule has 0 saturated carbocycles. The Kier molecular flexibility index (Phi) is 5.47. The van der Waals surface area contributed by atoms with Crippen LogP contribution < -0.4 is 9.64 Å². The molecule has 0 bridgehead atoms. The summed E-state index contributed by atoms with van der Waals surface area (Å²) in [5.74, 6) is 0.472. The Morgan fingerprint density at radius 2 is 2.07 bits per heavy atom. The van der Waals surface area contributed by atoms with E-state index in [-0.39, 0.29) is 5.91 Å². The van der Waals surface area contributed by atoms with Crippen LogP contribution in [-0.4, -0.2) is 23.0 Å². The van der Waals surface area contributed by atoms with E-state index < -0.39 is 0 Å². The molecule has 0 saturated heterocycles. The number of fused-ring (bicyclic) bond motifs is 1. The van der Waals surface area contributed by atoms with E-state index in [1.807, 2.05) is 37.3 Å². The third-order valence-electron chi connectivity index (χ3n) is 4.50. The summed E-state index contributed by atoms with van der Waals surface area (Å²) >= 11 is 7.65. The minimum atomic E-state index is -0.157. The second-order valence-electron chi connectivity index (χ2n) is 6.55. The minimum absolute atomic E-state index is 0.157. The van der Waals surface area contributed by atoms with Gasteiger partial charge in [0.05, 0.1) is 23.9 Å². The van der Waals surface area contributed by atoms with Gasteiger partial charge in [-0.2, -0.15) is 0 Å². The number of pyridine rings is 1. The van der Waals surface area contributed by atoms with Gasteiger partial charge in [0, 0.05) is 23.0 Å². The summed E-state index contributed by atoms with van der Waals surface area (Å²) < 4.78 is 6.22. The van der Waals surface area contributed by atoms with Gasteiger partial charge in [-0.15, -0.1) is 0 Å². The van der Waals surface area contributed by atoms with Crippen molar-refractivity contribution >= 4 is 44.2 Å². The van der Waals surface area contributed by atoms with Gasteiger partial charge < -0.3 is 4.74 Å². The summed E-state index contributed by atoms with van der Waals surface area (Å²) in [6.45, 7) is 2.32. The van der Waals surface area contributed by atoms with Crippen molar-refractivity contribution < 1.29 is 9.53 Å². The van der Waals surface area contributed by atoms with Crippen LogP contribution in [0.3, 0.4) is 0 Å². The lowest BCUT2D eigenvalue weighted by molar-refractivity contribution is 0.0985. The zero-order chi connectivity index (χ0) is 20.4. The number of thiazole rings is 1. The molecule has 0 atom stereocenters. The molecule has 4 aromatic rings. The number of carbonyl (C=O) groups is 1. The first-order valence-corrected chi connectivity index (χ1v) is 10.2. The molecule has 0 radical (unpaired) electrons. The van der Waals surface area contributed by atoms with Crippen molar-refractivity contribution in [1.82, 2.24) is 9.97 Å². The normalized spacial score (nSPS) is 10.9. The molecular weight excluding hydrogens is 406 g/mol. The molecule has 146 valence electrons. The number of ether oxygens (including phenoxy) is 1. The Morgan fingerprint density at radius 3 is 2.83 bits per heavy atom. The second kappa shape index (κ2) is 8.19. The Hall–Kier alpha value is -2.96. The SMILES string of the molecule is COc1cccc(C(=O)N(Cc2cccnc2)c2nc3c(C)cc(Cl)cc3s2)c1. The number of rotatable bonds is 5. The molecular formula is C22H18ClN3O2S. The minimum Gasteiger partial charge on any atom is -0.497 e. The molecule has 7 heteroatoms. The van der Waals surface area contributed by atoms with Crippen LogP contribution in [0, 0.1) is 6.92 Å². The second-order valence-corrected chi connectivity index (χ2v) is 8.00. The molecule has 0 aliphatic rings. The topological polar surface area (TPSA) is 55.3 Å². The van der Waals surface area contributed by atoms with Gasteiger partial charge in [-0.1, -0.05) is 35.1 Å². The number of amides is 1. The smallest absolute Gasteiger partial charge is 0.260 e. The highest BCUT2D eigenvalue weighted by Crippen LogP contribution is 2.34. The van der Waals surface area contributed by atoms with Crippen molar-refractivity contribution in [3.05, 3.63) is 82.6 Å². The fourth-order valence-electron chi connectivity index (χ4n) is 3.07.